The standard InChI is InChI=1S/C21H23ClN4O6S/c1-12-9-14(12)21(29)23-11-19(27)24-25-20(28)13-7-8-15(22)18(10-13)33(30,31)26-16-5-3-4-6-17(16)32-2/h3-8,10,12,14,26H,9,11H2,1-2H3,(H,23,29)(H,24,27)(H,25,28). The number of carbonyl (C=O) groups excluding carboxylic acids is 3. The lowest BCUT2D eigenvalue weighted by molar-refractivity contribution is -0.127. The van der Waals surface area contributed by atoms with E-state index in [-0.39, 0.29) is 39.5 Å². The number of carbonyl (C=O) groups is 3. The largest absolute Gasteiger partial charge is 0.495 e. The molecule has 2 aromatic rings. The Kier molecular flexibility index (Phi) is 7.44. The van der Waals surface area contributed by atoms with E-state index in [1.54, 1.807) is 18.2 Å². The highest BCUT2D eigenvalue weighted by molar-refractivity contribution is 7.92. The number of halogens is 1. The molecule has 0 radical (unpaired) electrons. The molecule has 12 heteroatoms. The Morgan fingerprint density at radius 1 is 1.12 bits per heavy atom. The van der Waals surface area contributed by atoms with Crippen molar-refractivity contribution in [3.63, 3.8) is 0 Å². The molecule has 4 N–H and O–H groups in total. The van der Waals surface area contributed by atoms with Crippen molar-refractivity contribution in [3.8, 4) is 5.75 Å². The molecule has 0 spiro atoms. The average molecular weight is 495 g/mol. The third kappa shape index (κ3) is 6.14. The second-order valence-electron chi connectivity index (χ2n) is 7.49. The van der Waals surface area contributed by atoms with Crippen molar-refractivity contribution in [1.82, 2.24) is 16.2 Å². The van der Waals surface area contributed by atoms with Crippen LogP contribution < -0.4 is 25.6 Å². The van der Waals surface area contributed by atoms with Crippen molar-refractivity contribution >= 4 is 45.0 Å². The average Bonchev–Trinajstić information content (AvgIpc) is 3.52. The Balaban J connectivity index is 1.64. The molecular formula is C21H23ClN4O6S. The zero-order valence-corrected chi connectivity index (χ0v) is 19.4. The number of hydrogen-bond donors (Lipinski definition) is 4. The number of para-hydroxylation sites is 2. The third-order valence-electron chi connectivity index (χ3n) is 5.02. The van der Waals surface area contributed by atoms with Crippen LogP contribution in [-0.2, 0) is 19.6 Å². The molecule has 0 aliphatic heterocycles. The fraction of sp³-hybridized carbons (Fsp3) is 0.286. The summed E-state index contributed by atoms with van der Waals surface area (Å²) >= 11 is 6.07. The SMILES string of the molecule is COc1ccccc1NS(=O)(=O)c1cc(C(=O)NNC(=O)CNC(=O)C2CC2C)ccc1Cl. The molecule has 10 nitrogen and oxygen atoms in total. The Morgan fingerprint density at radius 2 is 1.82 bits per heavy atom. The van der Waals surface area contributed by atoms with Gasteiger partial charge in [0.1, 0.15) is 10.6 Å². The first-order valence-electron chi connectivity index (χ1n) is 9.94. The van der Waals surface area contributed by atoms with Gasteiger partial charge in [0.2, 0.25) is 5.91 Å². The molecule has 1 aliphatic rings. The number of amides is 3. The van der Waals surface area contributed by atoms with Crippen LogP contribution in [-0.4, -0.2) is 39.8 Å². The normalized spacial score (nSPS) is 16.9. The number of sulfonamides is 1. The third-order valence-corrected chi connectivity index (χ3v) is 6.87. The Hall–Kier alpha value is -3.31. The van der Waals surface area contributed by atoms with Crippen LogP contribution in [0.5, 0.6) is 5.75 Å². The molecule has 2 atom stereocenters. The molecule has 1 saturated carbocycles. The van der Waals surface area contributed by atoms with Crippen molar-refractivity contribution in [2.45, 2.75) is 18.2 Å². The quantitative estimate of drug-likeness (QED) is 0.411. The van der Waals surface area contributed by atoms with E-state index >= 15 is 0 Å². The zero-order valence-electron chi connectivity index (χ0n) is 17.8. The van der Waals surface area contributed by atoms with Crippen LogP contribution in [0.25, 0.3) is 0 Å². The molecule has 2 unspecified atom stereocenters. The van der Waals surface area contributed by atoms with E-state index in [1.165, 1.54) is 25.3 Å². The molecule has 2 aromatic carbocycles. The Morgan fingerprint density at radius 3 is 2.48 bits per heavy atom. The molecule has 3 amide bonds. The lowest BCUT2D eigenvalue weighted by Crippen LogP contribution is -2.46. The second-order valence-corrected chi connectivity index (χ2v) is 9.55. The number of methoxy groups -OCH3 is 1. The topological polar surface area (TPSA) is 143 Å². The number of rotatable bonds is 8. The molecule has 0 heterocycles. The fourth-order valence-electron chi connectivity index (χ4n) is 3.01. The van der Waals surface area contributed by atoms with E-state index in [4.69, 9.17) is 16.3 Å². The van der Waals surface area contributed by atoms with E-state index in [1.807, 2.05) is 6.92 Å². The molecule has 33 heavy (non-hydrogen) atoms. The molecule has 176 valence electrons. The minimum Gasteiger partial charge on any atom is -0.495 e. The van der Waals surface area contributed by atoms with Crippen molar-refractivity contribution in [2.24, 2.45) is 11.8 Å². The summed E-state index contributed by atoms with van der Waals surface area (Å²) in [6.45, 7) is 1.64. The molecule has 1 fully saturated rings. The predicted octanol–water partition coefficient (Wildman–Crippen LogP) is 1.68. The summed E-state index contributed by atoms with van der Waals surface area (Å²) in [4.78, 5) is 35.7. The number of hydrogen-bond acceptors (Lipinski definition) is 6. The monoisotopic (exact) mass is 494 g/mol. The van der Waals surface area contributed by atoms with Crippen LogP contribution >= 0.6 is 11.6 Å². The maximum absolute atomic E-state index is 12.9. The van der Waals surface area contributed by atoms with Gasteiger partial charge in [-0.1, -0.05) is 30.7 Å². The van der Waals surface area contributed by atoms with Gasteiger partial charge in [0.15, 0.2) is 0 Å². The predicted molar refractivity (Wildman–Crippen MR) is 121 cm³/mol. The van der Waals surface area contributed by atoms with Gasteiger partial charge in [0.05, 0.1) is 24.4 Å². The van der Waals surface area contributed by atoms with E-state index in [2.05, 4.69) is 20.9 Å². The zero-order chi connectivity index (χ0) is 24.2. The highest BCUT2D eigenvalue weighted by Crippen LogP contribution is 2.37. The number of nitrogens with one attached hydrogen (secondary N) is 4. The highest BCUT2D eigenvalue weighted by Gasteiger charge is 2.39. The van der Waals surface area contributed by atoms with Gasteiger partial charge in [-0.2, -0.15) is 0 Å². The summed E-state index contributed by atoms with van der Waals surface area (Å²) < 4.78 is 33.3. The summed E-state index contributed by atoms with van der Waals surface area (Å²) in [7, 11) is -2.77. The van der Waals surface area contributed by atoms with Crippen LogP contribution in [0, 0.1) is 11.8 Å². The summed E-state index contributed by atoms with van der Waals surface area (Å²) in [5.74, 6) is -1.08. The Bertz CT molecular complexity index is 1190. The lowest BCUT2D eigenvalue weighted by atomic mass is 10.2. The summed E-state index contributed by atoms with van der Waals surface area (Å²) in [6, 6.07) is 10.0. The van der Waals surface area contributed by atoms with Crippen LogP contribution in [0.1, 0.15) is 23.7 Å². The molecule has 0 saturated heterocycles. The summed E-state index contributed by atoms with van der Waals surface area (Å²) in [5, 5.41) is 2.39. The van der Waals surface area contributed by atoms with Crippen molar-refractivity contribution in [1.29, 1.82) is 0 Å². The molecular weight excluding hydrogens is 472 g/mol. The summed E-state index contributed by atoms with van der Waals surface area (Å²) in [6.07, 6.45) is 0.790. The van der Waals surface area contributed by atoms with Gasteiger partial charge < -0.3 is 10.1 Å². The van der Waals surface area contributed by atoms with Gasteiger partial charge in [-0.3, -0.25) is 30.0 Å². The van der Waals surface area contributed by atoms with E-state index in [9.17, 15) is 22.8 Å². The van der Waals surface area contributed by atoms with Gasteiger partial charge in [-0.15, -0.1) is 0 Å². The molecule has 0 aromatic heterocycles. The number of ether oxygens (including phenoxy) is 1. The van der Waals surface area contributed by atoms with Crippen molar-refractivity contribution in [3.05, 3.63) is 53.1 Å². The molecule has 3 rings (SSSR count). The number of hydrazine groups is 1. The van der Waals surface area contributed by atoms with Crippen LogP contribution in [0.2, 0.25) is 5.02 Å². The van der Waals surface area contributed by atoms with E-state index in [0.717, 1.165) is 12.5 Å². The smallest absolute Gasteiger partial charge is 0.269 e. The van der Waals surface area contributed by atoms with Crippen LogP contribution in [0.3, 0.4) is 0 Å². The van der Waals surface area contributed by atoms with Gasteiger partial charge in [-0.05, 0) is 42.7 Å². The van der Waals surface area contributed by atoms with Gasteiger partial charge in [0.25, 0.3) is 21.8 Å². The van der Waals surface area contributed by atoms with Gasteiger partial charge in [-0.25, -0.2) is 8.42 Å². The minimum atomic E-state index is -4.17. The molecule has 0 bridgehead atoms. The first-order valence-corrected chi connectivity index (χ1v) is 11.8. The first-order chi connectivity index (χ1) is 15.6. The summed E-state index contributed by atoms with van der Waals surface area (Å²) in [5.41, 5.74) is 4.48. The van der Waals surface area contributed by atoms with Gasteiger partial charge >= 0.3 is 0 Å². The highest BCUT2D eigenvalue weighted by atomic mass is 35.5. The lowest BCUT2D eigenvalue weighted by Gasteiger charge is -2.13. The number of anilines is 1. The first kappa shape index (κ1) is 24.3. The Labute approximate surface area is 196 Å². The van der Waals surface area contributed by atoms with Crippen LogP contribution in [0.15, 0.2) is 47.4 Å². The fourth-order valence-corrected chi connectivity index (χ4v) is 4.61. The second kappa shape index (κ2) is 10.1. The van der Waals surface area contributed by atoms with Crippen molar-refractivity contribution in [2.75, 3.05) is 18.4 Å². The van der Waals surface area contributed by atoms with Gasteiger partial charge in [0, 0.05) is 11.5 Å². The van der Waals surface area contributed by atoms with E-state index in [0.29, 0.717) is 11.7 Å². The van der Waals surface area contributed by atoms with Crippen molar-refractivity contribution < 1.29 is 27.5 Å². The van der Waals surface area contributed by atoms with E-state index < -0.39 is 21.8 Å². The number of benzene rings is 2. The maximum atomic E-state index is 12.9. The van der Waals surface area contributed by atoms with Crippen LogP contribution in [0.4, 0.5) is 5.69 Å². The minimum absolute atomic E-state index is 0.0593. The maximum Gasteiger partial charge on any atom is 0.269 e. The molecule has 1 aliphatic carbocycles.